The summed E-state index contributed by atoms with van der Waals surface area (Å²) in [6, 6.07) is 1.31. The zero-order valence-corrected chi connectivity index (χ0v) is 7.20. The number of hydrogen-bond donors (Lipinski definition) is 2. The van der Waals surface area contributed by atoms with Gasteiger partial charge in [0.25, 0.3) is 5.56 Å². The van der Waals surface area contributed by atoms with Crippen LogP contribution in [0.1, 0.15) is 29.4 Å². The molecule has 0 amide bonds. The molecule has 1 aromatic heterocycles. The number of aromatic nitrogens is 2. The first-order valence-electron chi connectivity index (χ1n) is 3.97. The van der Waals surface area contributed by atoms with Crippen molar-refractivity contribution in [1.82, 2.24) is 10.2 Å². The Kier molecular flexibility index (Phi) is 2.79. The fourth-order valence-electron chi connectivity index (χ4n) is 1.01. The zero-order chi connectivity index (χ0) is 9.84. The van der Waals surface area contributed by atoms with Crippen LogP contribution in [-0.4, -0.2) is 21.3 Å². The summed E-state index contributed by atoms with van der Waals surface area (Å²) < 4.78 is 0. The van der Waals surface area contributed by atoms with Gasteiger partial charge in [0.1, 0.15) is 0 Å². The van der Waals surface area contributed by atoms with Crippen LogP contribution in [0.5, 0.6) is 0 Å². The van der Waals surface area contributed by atoms with E-state index in [4.69, 9.17) is 5.11 Å². The lowest BCUT2D eigenvalue weighted by molar-refractivity contribution is 0.0689. The molecule has 0 aliphatic rings. The number of H-pyrrole nitrogens is 1. The Bertz CT molecular complexity index is 370. The molecule has 1 heterocycles. The third kappa shape index (κ3) is 2.14. The number of nitrogens with one attached hydrogen (secondary N) is 1. The van der Waals surface area contributed by atoms with Gasteiger partial charge in [-0.1, -0.05) is 13.3 Å². The lowest BCUT2D eigenvalue weighted by Crippen LogP contribution is -2.17. The molecule has 0 unspecified atom stereocenters. The first-order chi connectivity index (χ1) is 6.15. The third-order valence-electron chi connectivity index (χ3n) is 1.62. The van der Waals surface area contributed by atoms with Crippen molar-refractivity contribution < 1.29 is 9.90 Å². The second kappa shape index (κ2) is 3.84. The van der Waals surface area contributed by atoms with E-state index in [0.29, 0.717) is 12.0 Å². The molecule has 0 atom stereocenters. The van der Waals surface area contributed by atoms with E-state index in [-0.39, 0.29) is 11.3 Å². The highest BCUT2D eigenvalue weighted by molar-refractivity contribution is 5.85. The predicted octanol–water partition coefficient (Wildman–Crippen LogP) is 0.421. The molecule has 0 saturated carbocycles. The van der Waals surface area contributed by atoms with Gasteiger partial charge in [-0.15, -0.1) is 0 Å². The van der Waals surface area contributed by atoms with Crippen LogP contribution in [0.25, 0.3) is 0 Å². The fourth-order valence-corrected chi connectivity index (χ4v) is 1.01. The van der Waals surface area contributed by atoms with E-state index in [0.717, 1.165) is 6.42 Å². The zero-order valence-electron chi connectivity index (χ0n) is 7.20. The smallest absolute Gasteiger partial charge is 0.356 e. The second-order valence-electron chi connectivity index (χ2n) is 2.66. The molecular formula is C8H10N2O3. The minimum atomic E-state index is -1.13. The average molecular weight is 182 g/mol. The van der Waals surface area contributed by atoms with E-state index in [2.05, 4.69) is 10.2 Å². The molecule has 0 aliphatic carbocycles. The Morgan fingerprint density at radius 3 is 2.92 bits per heavy atom. The molecule has 5 heteroatoms. The third-order valence-corrected chi connectivity index (χ3v) is 1.62. The molecule has 2 N–H and O–H groups in total. The number of aromatic carboxylic acids is 1. The molecule has 0 bridgehead atoms. The standard InChI is InChI=1S/C8H10N2O3/c1-2-3-5-4-6(8(12)13)9-10-7(5)11/h4H,2-3H2,1H3,(H,10,11)(H,12,13). The van der Waals surface area contributed by atoms with Crippen molar-refractivity contribution in [2.75, 3.05) is 0 Å². The van der Waals surface area contributed by atoms with Crippen molar-refractivity contribution >= 4 is 5.97 Å². The average Bonchev–Trinajstić information content (AvgIpc) is 2.08. The molecule has 0 saturated heterocycles. The second-order valence-corrected chi connectivity index (χ2v) is 2.66. The van der Waals surface area contributed by atoms with Gasteiger partial charge in [0.05, 0.1) is 0 Å². The van der Waals surface area contributed by atoms with Gasteiger partial charge in [0.2, 0.25) is 0 Å². The number of aromatic amines is 1. The summed E-state index contributed by atoms with van der Waals surface area (Å²) in [5, 5.41) is 14.1. The minimum absolute atomic E-state index is 0.122. The van der Waals surface area contributed by atoms with Gasteiger partial charge in [-0.2, -0.15) is 5.10 Å². The summed E-state index contributed by atoms with van der Waals surface area (Å²) in [5.41, 5.74) is 0.0322. The van der Waals surface area contributed by atoms with Crippen molar-refractivity contribution in [2.45, 2.75) is 19.8 Å². The van der Waals surface area contributed by atoms with Crippen LogP contribution < -0.4 is 5.56 Å². The van der Waals surface area contributed by atoms with Crippen LogP contribution in [0.4, 0.5) is 0 Å². The van der Waals surface area contributed by atoms with Crippen molar-refractivity contribution in [2.24, 2.45) is 0 Å². The van der Waals surface area contributed by atoms with Crippen LogP contribution in [0.15, 0.2) is 10.9 Å². The first kappa shape index (κ1) is 9.44. The maximum absolute atomic E-state index is 11.1. The Morgan fingerprint density at radius 2 is 2.38 bits per heavy atom. The minimum Gasteiger partial charge on any atom is -0.476 e. The summed E-state index contributed by atoms with van der Waals surface area (Å²) in [6.07, 6.45) is 1.37. The highest BCUT2D eigenvalue weighted by atomic mass is 16.4. The van der Waals surface area contributed by atoms with Crippen molar-refractivity contribution in [1.29, 1.82) is 0 Å². The highest BCUT2D eigenvalue weighted by Gasteiger charge is 2.07. The van der Waals surface area contributed by atoms with E-state index >= 15 is 0 Å². The predicted molar refractivity (Wildman–Crippen MR) is 45.8 cm³/mol. The van der Waals surface area contributed by atoms with Gasteiger partial charge in [-0.3, -0.25) is 4.79 Å². The van der Waals surface area contributed by atoms with Crippen LogP contribution in [-0.2, 0) is 6.42 Å². The Labute approximate surface area is 74.4 Å². The van der Waals surface area contributed by atoms with E-state index in [1.54, 1.807) is 0 Å². The monoisotopic (exact) mass is 182 g/mol. The molecule has 0 radical (unpaired) electrons. The summed E-state index contributed by atoms with van der Waals surface area (Å²) in [7, 11) is 0. The van der Waals surface area contributed by atoms with Crippen LogP contribution >= 0.6 is 0 Å². The van der Waals surface area contributed by atoms with Crippen LogP contribution in [0, 0.1) is 0 Å². The maximum atomic E-state index is 11.1. The lowest BCUT2D eigenvalue weighted by Gasteiger charge is -1.97. The van der Waals surface area contributed by atoms with Gasteiger partial charge in [-0.05, 0) is 12.5 Å². The number of hydrogen-bond acceptors (Lipinski definition) is 3. The lowest BCUT2D eigenvalue weighted by atomic mass is 10.1. The summed E-state index contributed by atoms with van der Waals surface area (Å²) >= 11 is 0. The quantitative estimate of drug-likeness (QED) is 0.709. The van der Waals surface area contributed by atoms with Gasteiger partial charge in [-0.25, -0.2) is 9.89 Å². The van der Waals surface area contributed by atoms with Crippen LogP contribution in [0.2, 0.25) is 0 Å². The number of carboxylic acid groups (broad SMARTS) is 1. The van der Waals surface area contributed by atoms with Crippen molar-refractivity contribution in [3.05, 3.63) is 27.7 Å². The summed E-state index contributed by atoms with van der Waals surface area (Å²) in [6.45, 7) is 1.92. The summed E-state index contributed by atoms with van der Waals surface area (Å²) in [5.74, 6) is -1.13. The first-order valence-corrected chi connectivity index (χ1v) is 3.97. The topological polar surface area (TPSA) is 83.0 Å². The van der Waals surface area contributed by atoms with Gasteiger partial charge in [0.15, 0.2) is 5.69 Å². The van der Waals surface area contributed by atoms with Crippen LogP contribution in [0.3, 0.4) is 0 Å². The normalized spacial score (nSPS) is 9.92. The van der Waals surface area contributed by atoms with Gasteiger partial charge in [0, 0.05) is 5.56 Å². The Morgan fingerprint density at radius 1 is 1.69 bits per heavy atom. The molecule has 0 aromatic carbocycles. The van der Waals surface area contributed by atoms with E-state index in [1.807, 2.05) is 6.92 Å². The molecule has 70 valence electrons. The molecule has 0 aliphatic heterocycles. The number of aryl methyl sites for hydroxylation is 1. The van der Waals surface area contributed by atoms with Crippen molar-refractivity contribution in [3.8, 4) is 0 Å². The largest absolute Gasteiger partial charge is 0.476 e. The Hall–Kier alpha value is -1.65. The molecule has 5 nitrogen and oxygen atoms in total. The van der Waals surface area contributed by atoms with Gasteiger partial charge < -0.3 is 5.11 Å². The van der Waals surface area contributed by atoms with Gasteiger partial charge >= 0.3 is 5.97 Å². The number of carbonyl (C=O) groups is 1. The molecular weight excluding hydrogens is 172 g/mol. The molecule has 0 fully saturated rings. The highest BCUT2D eigenvalue weighted by Crippen LogP contribution is 1.98. The number of rotatable bonds is 3. The molecule has 13 heavy (non-hydrogen) atoms. The van der Waals surface area contributed by atoms with E-state index in [1.165, 1.54) is 6.07 Å². The summed E-state index contributed by atoms with van der Waals surface area (Å²) in [4.78, 5) is 21.6. The maximum Gasteiger partial charge on any atom is 0.356 e. The molecule has 1 aromatic rings. The number of carboxylic acids is 1. The van der Waals surface area contributed by atoms with Crippen molar-refractivity contribution in [3.63, 3.8) is 0 Å². The molecule has 1 rings (SSSR count). The molecule has 0 spiro atoms. The SMILES string of the molecule is CCCc1cc(C(=O)O)n[nH]c1=O. The number of nitrogens with zero attached hydrogens (tertiary/aromatic N) is 1. The fraction of sp³-hybridized carbons (Fsp3) is 0.375. The Balaban J connectivity index is 3.11. The van der Waals surface area contributed by atoms with E-state index in [9.17, 15) is 9.59 Å². The van der Waals surface area contributed by atoms with E-state index < -0.39 is 5.97 Å².